The number of aromatic amines is 1. The summed E-state index contributed by atoms with van der Waals surface area (Å²) in [5.74, 6) is 0.984. The van der Waals surface area contributed by atoms with Gasteiger partial charge in [-0.3, -0.25) is 0 Å². The van der Waals surface area contributed by atoms with Crippen LogP contribution in [0.25, 0.3) is 10.9 Å². The van der Waals surface area contributed by atoms with Crippen molar-refractivity contribution < 1.29 is 9.59 Å². The first-order valence-corrected chi connectivity index (χ1v) is 8.87. The minimum absolute atomic E-state index is 0.324. The third kappa shape index (κ3) is 1.57. The Labute approximate surface area is 137 Å². The highest BCUT2D eigenvalue weighted by Crippen LogP contribution is 2.57. The minimum Gasteiger partial charge on any atom is -0.396 e. The van der Waals surface area contributed by atoms with Crippen LogP contribution in [-0.4, -0.2) is 40.8 Å². The molecule has 0 saturated carbocycles. The van der Waals surface area contributed by atoms with Crippen LogP contribution < -0.4 is 0 Å². The van der Waals surface area contributed by atoms with Crippen LogP contribution in [0.5, 0.6) is 0 Å². The van der Waals surface area contributed by atoms with Gasteiger partial charge < -0.3 is 14.6 Å². The van der Waals surface area contributed by atoms with E-state index in [9.17, 15) is 5.11 Å². The van der Waals surface area contributed by atoms with Gasteiger partial charge in [-0.15, -0.1) is 0 Å². The number of aromatic nitrogens is 1. The van der Waals surface area contributed by atoms with E-state index in [4.69, 9.17) is 0 Å². The van der Waals surface area contributed by atoms with Gasteiger partial charge in [0.2, 0.25) is 0 Å². The maximum absolute atomic E-state index is 10.1. The Morgan fingerprint density at radius 1 is 1.35 bits per heavy atom. The van der Waals surface area contributed by atoms with Crippen molar-refractivity contribution in [3.8, 4) is 0 Å². The first kappa shape index (κ1) is 13.8. The molecule has 0 radical (unpaired) electrons. The van der Waals surface area contributed by atoms with Gasteiger partial charge in [0.05, 0.1) is 25.4 Å². The first-order valence-electron chi connectivity index (χ1n) is 8.87. The Morgan fingerprint density at radius 3 is 2.96 bits per heavy atom. The second-order valence-electron chi connectivity index (χ2n) is 7.91. The molecule has 4 aliphatic heterocycles. The van der Waals surface area contributed by atoms with E-state index in [1.54, 1.807) is 5.57 Å². The molecule has 3 fully saturated rings. The van der Waals surface area contributed by atoms with Gasteiger partial charge in [0, 0.05) is 35.6 Å². The van der Waals surface area contributed by atoms with Gasteiger partial charge in [0.1, 0.15) is 12.6 Å². The largest absolute Gasteiger partial charge is 0.396 e. The summed E-state index contributed by atoms with van der Waals surface area (Å²) in [4.78, 5) is 3.75. The summed E-state index contributed by atoms with van der Waals surface area (Å²) in [5.41, 5.74) is 5.84. The predicted octanol–water partition coefficient (Wildman–Crippen LogP) is 3.17. The number of aliphatic hydroxyl groups is 1. The number of H-pyrrole nitrogens is 1. The molecule has 0 aliphatic carbocycles. The molecule has 6 rings (SSSR count). The minimum atomic E-state index is 0.324. The molecule has 4 bridgehead atoms. The summed E-state index contributed by atoms with van der Waals surface area (Å²) < 4.78 is 1.08. The predicted molar refractivity (Wildman–Crippen MR) is 92.0 cm³/mol. The first-order chi connectivity index (χ1) is 11.2. The highest BCUT2D eigenvalue weighted by Gasteiger charge is 2.61. The van der Waals surface area contributed by atoms with E-state index in [1.807, 2.05) is 0 Å². The summed E-state index contributed by atoms with van der Waals surface area (Å²) in [7, 11) is 2.42. The van der Waals surface area contributed by atoms with Crippen LogP contribution in [0.4, 0.5) is 0 Å². The molecule has 3 heteroatoms. The fourth-order valence-electron chi connectivity index (χ4n) is 6.02. The molecule has 5 heterocycles. The van der Waals surface area contributed by atoms with Gasteiger partial charge in [0.25, 0.3) is 0 Å². The van der Waals surface area contributed by atoms with Crippen molar-refractivity contribution in [2.24, 2.45) is 11.8 Å². The zero-order valence-electron chi connectivity index (χ0n) is 13.9. The van der Waals surface area contributed by atoms with E-state index >= 15 is 0 Å². The van der Waals surface area contributed by atoms with Gasteiger partial charge in [-0.25, -0.2) is 0 Å². The normalized spacial score (nSPS) is 39.9. The van der Waals surface area contributed by atoms with Crippen molar-refractivity contribution in [1.29, 1.82) is 0 Å². The van der Waals surface area contributed by atoms with Gasteiger partial charge >= 0.3 is 0 Å². The second-order valence-corrected chi connectivity index (χ2v) is 7.91. The summed E-state index contributed by atoms with van der Waals surface area (Å²) in [6.45, 7) is 3.65. The molecule has 120 valence electrons. The maximum Gasteiger partial charge on any atom is 0.131 e. The summed E-state index contributed by atoms with van der Waals surface area (Å²) >= 11 is 0. The lowest BCUT2D eigenvalue weighted by Crippen LogP contribution is -2.70. The van der Waals surface area contributed by atoms with Crippen LogP contribution in [0.3, 0.4) is 0 Å². The molecule has 2 N–H and O–H groups in total. The van der Waals surface area contributed by atoms with Crippen molar-refractivity contribution in [1.82, 2.24) is 4.98 Å². The number of fused-ring (bicyclic) bond motifs is 4. The zero-order chi connectivity index (χ0) is 15.8. The van der Waals surface area contributed by atoms with E-state index < -0.39 is 0 Å². The number of allylic oxidation sites excluding steroid dienone is 1. The summed E-state index contributed by atoms with van der Waals surface area (Å²) in [6.07, 6.45) is 4.59. The topological polar surface area (TPSA) is 36.0 Å². The molecule has 23 heavy (non-hydrogen) atoms. The van der Waals surface area contributed by atoms with E-state index in [-0.39, 0.29) is 0 Å². The van der Waals surface area contributed by atoms with Crippen molar-refractivity contribution >= 4 is 10.9 Å². The molecule has 3 saturated heterocycles. The van der Waals surface area contributed by atoms with Gasteiger partial charge in [0.15, 0.2) is 0 Å². The SMILES string of the molecule is CC=C1C[N@@+]2(C)[C@H]3CC1[C@@H](CO)[C@@H]2Cc1c3[nH]c2ccccc12. The van der Waals surface area contributed by atoms with Crippen molar-refractivity contribution in [3.05, 3.63) is 47.2 Å². The van der Waals surface area contributed by atoms with Gasteiger partial charge in [-0.2, -0.15) is 0 Å². The number of rotatable bonds is 1. The van der Waals surface area contributed by atoms with Gasteiger partial charge in [-0.1, -0.05) is 24.3 Å². The lowest BCUT2D eigenvalue weighted by molar-refractivity contribution is -0.978. The zero-order valence-corrected chi connectivity index (χ0v) is 13.9. The number of para-hydroxylation sites is 1. The fourth-order valence-corrected chi connectivity index (χ4v) is 6.02. The average molecular weight is 309 g/mol. The second kappa shape index (κ2) is 4.49. The van der Waals surface area contributed by atoms with Crippen LogP contribution in [-0.2, 0) is 6.42 Å². The summed E-state index contributed by atoms with van der Waals surface area (Å²) in [5, 5.41) is 11.5. The number of piperidine rings is 3. The molecule has 4 aliphatic rings. The average Bonchev–Trinajstić information content (AvgIpc) is 2.92. The Bertz CT molecular complexity index is 820. The third-order valence-electron chi connectivity index (χ3n) is 7.13. The van der Waals surface area contributed by atoms with Gasteiger partial charge in [-0.05, 0) is 24.1 Å². The van der Waals surface area contributed by atoms with Crippen LogP contribution in [0, 0.1) is 11.8 Å². The third-order valence-corrected chi connectivity index (χ3v) is 7.13. The number of hydrogen-bond donors (Lipinski definition) is 2. The van der Waals surface area contributed by atoms with E-state index in [0.29, 0.717) is 30.5 Å². The number of likely N-dealkylation sites (N-methyl/N-ethyl adjacent to an activating group) is 1. The van der Waals surface area contributed by atoms with E-state index in [1.165, 1.54) is 28.6 Å². The molecule has 5 atom stereocenters. The van der Waals surface area contributed by atoms with Crippen LogP contribution in [0.1, 0.15) is 30.6 Å². The number of hydrogen-bond acceptors (Lipinski definition) is 1. The summed E-state index contributed by atoms with van der Waals surface area (Å²) in [6, 6.07) is 9.84. The Balaban J connectivity index is 1.73. The standard InChI is InChI=1S/C20H25N2O/c1-3-12-10-22(2)18-9-15-13-6-4-5-7-17(13)21-20(15)19(22)8-14(12)16(18)11-23/h3-7,14,16,18-19,21,23H,8-11H2,1-2H3/q+1/t14?,16-,18+,19+,22-/m1/s1. The fraction of sp³-hybridized carbons (Fsp3) is 0.500. The molecular formula is C20H25N2O+. The number of nitrogens with one attached hydrogen (secondary N) is 1. The lowest BCUT2D eigenvalue weighted by Gasteiger charge is -2.62. The molecular weight excluding hydrogens is 284 g/mol. The quantitative estimate of drug-likeness (QED) is 0.616. The molecule has 1 aromatic heterocycles. The number of aliphatic hydroxyl groups excluding tert-OH is 1. The number of benzene rings is 1. The van der Waals surface area contributed by atoms with Crippen LogP contribution in [0.15, 0.2) is 35.9 Å². The Kier molecular flexibility index (Phi) is 2.70. The number of nitrogens with zero attached hydrogens (tertiary/aromatic N) is 1. The molecule has 0 amide bonds. The molecule has 2 aromatic rings. The van der Waals surface area contributed by atoms with Crippen molar-refractivity contribution in [2.45, 2.75) is 31.8 Å². The Morgan fingerprint density at radius 2 is 2.17 bits per heavy atom. The van der Waals surface area contributed by atoms with Crippen LogP contribution in [0.2, 0.25) is 0 Å². The maximum atomic E-state index is 10.1. The van der Waals surface area contributed by atoms with Crippen molar-refractivity contribution in [3.63, 3.8) is 0 Å². The highest BCUT2D eigenvalue weighted by atomic mass is 16.3. The molecule has 1 unspecified atom stereocenters. The van der Waals surface area contributed by atoms with Crippen LogP contribution >= 0.6 is 0 Å². The highest BCUT2D eigenvalue weighted by molar-refractivity contribution is 5.85. The molecule has 1 aromatic carbocycles. The number of quaternary nitrogens is 1. The Hall–Kier alpha value is -1.58. The lowest BCUT2D eigenvalue weighted by atomic mass is 9.62. The molecule has 3 nitrogen and oxygen atoms in total. The van der Waals surface area contributed by atoms with E-state index in [2.05, 4.69) is 49.3 Å². The smallest absolute Gasteiger partial charge is 0.131 e. The van der Waals surface area contributed by atoms with E-state index in [0.717, 1.165) is 17.4 Å². The van der Waals surface area contributed by atoms with Crippen molar-refractivity contribution in [2.75, 3.05) is 20.2 Å². The molecule has 0 spiro atoms. The monoisotopic (exact) mass is 309 g/mol.